The van der Waals surface area contributed by atoms with Crippen LogP contribution in [0.2, 0.25) is 5.02 Å². The highest BCUT2D eigenvalue weighted by Gasteiger charge is 2.17. The first-order valence-corrected chi connectivity index (χ1v) is 6.60. The van der Waals surface area contributed by atoms with Crippen LogP contribution in [0.3, 0.4) is 0 Å². The number of rotatable bonds is 3. The van der Waals surface area contributed by atoms with Gasteiger partial charge >= 0.3 is 12.1 Å². The van der Waals surface area contributed by atoms with E-state index in [1.807, 2.05) is 0 Å². The summed E-state index contributed by atoms with van der Waals surface area (Å²) in [7, 11) is 0. The normalized spacial score (nSPS) is 11.0. The molecule has 0 heterocycles. The van der Waals surface area contributed by atoms with Gasteiger partial charge in [0.05, 0.1) is 10.6 Å². The van der Waals surface area contributed by atoms with Gasteiger partial charge in [-0.1, -0.05) is 24.8 Å². The van der Waals surface area contributed by atoms with E-state index in [2.05, 4.69) is 18.5 Å². The Labute approximate surface area is 127 Å². The maximum absolute atomic E-state index is 11.6. The van der Waals surface area contributed by atoms with Gasteiger partial charge in [0.2, 0.25) is 0 Å². The van der Waals surface area contributed by atoms with E-state index < -0.39 is 17.7 Å². The lowest BCUT2D eigenvalue weighted by Crippen LogP contribution is -2.36. The van der Waals surface area contributed by atoms with Crippen LogP contribution in [0.1, 0.15) is 36.7 Å². The van der Waals surface area contributed by atoms with Crippen LogP contribution in [-0.4, -0.2) is 22.8 Å². The fourth-order valence-electron chi connectivity index (χ4n) is 1.61. The summed E-state index contributed by atoms with van der Waals surface area (Å²) in [5.74, 6) is -1.16. The Morgan fingerprint density at radius 1 is 1.33 bits per heavy atom. The third kappa shape index (κ3) is 4.49. The second-order valence-electron chi connectivity index (χ2n) is 5.51. The number of amides is 1. The van der Waals surface area contributed by atoms with Gasteiger partial charge in [-0.3, -0.25) is 0 Å². The van der Waals surface area contributed by atoms with E-state index >= 15 is 0 Å². The molecule has 0 saturated heterocycles. The van der Waals surface area contributed by atoms with Gasteiger partial charge in [0, 0.05) is 6.54 Å². The number of nitrogens with one attached hydrogen (secondary N) is 1. The topological polar surface area (TPSA) is 75.6 Å². The van der Waals surface area contributed by atoms with Crippen molar-refractivity contribution in [3.63, 3.8) is 0 Å². The standard InChI is InChI=1S/C15H18ClNO4/c1-8-9(2)12(16)11(13(18)19)6-10(8)7-17-14(20)21-15(3,4)5/h6H,1-2,7H2,3-5H3,(H,17,20)(H,18,19). The van der Waals surface area contributed by atoms with E-state index in [0.29, 0.717) is 16.0 Å². The molecule has 6 heteroatoms. The number of hydrogen-bond acceptors (Lipinski definition) is 3. The minimum atomic E-state index is -1.16. The van der Waals surface area contributed by atoms with E-state index in [9.17, 15) is 9.59 Å². The smallest absolute Gasteiger partial charge is 0.407 e. The molecule has 0 atom stereocenters. The third-order valence-corrected chi connectivity index (χ3v) is 3.06. The predicted molar refractivity (Wildman–Crippen MR) is 81.8 cm³/mol. The number of alkyl carbamates (subject to hydrolysis) is 1. The average Bonchev–Trinajstić information content (AvgIpc) is 2.32. The van der Waals surface area contributed by atoms with Crippen LogP contribution in [0.4, 0.5) is 4.79 Å². The largest absolute Gasteiger partial charge is 0.478 e. The lowest BCUT2D eigenvalue weighted by Gasteiger charge is -2.19. The first-order chi connectivity index (χ1) is 9.53. The van der Waals surface area contributed by atoms with Crippen LogP contribution >= 0.6 is 11.6 Å². The number of aromatic carboxylic acids is 1. The highest BCUT2D eigenvalue weighted by molar-refractivity contribution is 6.33. The molecule has 114 valence electrons. The van der Waals surface area contributed by atoms with E-state index in [-0.39, 0.29) is 17.1 Å². The van der Waals surface area contributed by atoms with Gasteiger partial charge in [0.15, 0.2) is 0 Å². The van der Waals surface area contributed by atoms with Crippen molar-refractivity contribution in [2.45, 2.75) is 32.9 Å². The zero-order chi connectivity index (χ0) is 16.4. The fourth-order valence-corrected chi connectivity index (χ4v) is 1.86. The minimum Gasteiger partial charge on any atom is -0.478 e. The molecule has 2 N–H and O–H groups in total. The molecule has 0 spiro atoms. The number of ether oxygens (including phenoxy) is 1. The summed E-state index contributed by atoms with van der Waals surface area (Å²) in [6.45, 7) is 12.8. The summed E-state index contributed by atoms with van der Waals surface area (Å²) in [4.78, 5) is 22.7. The van der Waals surface area contributed by atoms with Gasteiger partial charge in [-0.2, -0.15) is 0 Å². The number of hydrogen-bond donors (Lipinski definition) is 2. The predicted octanol–water partition coefficient (Wildman–Crippen LogP) is 1.88. The molecule has 1 rings (SSSR count). The Morgan fingerprint density at radius 2 is 1.90 bits per heavy atom. The third-order valence-electron chi connectivity index (χ3n) is 2.62. The van der Waals surface area contributed by atoms with Gasteiger partial charge in [-0.05, 0) is 42.8 Å². The van der Waals surface area contributed by atoms with Crippen molar-refractivity contribution >= 4 is 36.8 Å². The van der Waals surface area contributed by atoms with Crippen LogP contribution in [0.5, 0.6) is 0 Å². The molecule has 1 aromatic carbocycles. The molecule has 0 aliphatic carbocycles. The van der Waals surface area contributed by atoms with Gasteiger partial charge in [0.1, 0.15) is 5.60 Å². The summed E-state index contributed by atoms with van der Waals surface area (Å²) < 4.78 is 5.10. The second kappa shape index (κ2) is 6.18. The van der Waals surface area contributed by atoms with Crippen molar-refractivity contribution < 1.29 is 19.4 Å². The molecule has 0 unspecified atom stereocenters. The first kappa shape index (κ1) is 17.0. The molecule has 0 radical (unpaired) electrons. The first-order valence-electron chi connectivity index (χ1n) is 6.22. The van der Waals surface area contributed by atoms with Crippen molar-refractivity contribution in [1.82, 2.24) is 5.32 Å². The van der Waals surface area contributed by atoms with Crippen molar-refractivity contribution in [3.05, 3.63) is 32.7 Å². The Kier molecular flexibility index (Phi) is 5.01. The summed E-state index contributed by atoms with van der Waals surface area (Å²) in [6, 6.07) is 1.37. The highest BCUT2D eigenvalue weighted by Crippen LogP contribution is 2.11. The van der Waals surface area contributed by atoms with Crippen molar-refractivity contribution in [1.29, 1.82) is 0 Å². The summed E-state index contributed by atoms with van der Waals surface area (Å²) in [5.41, 5.74) is -0.163. The van der Waals surface area contributed by atoms with Crippen molar-refractivity contribution in [2.24, 2.45) is 0 Å². The van der Waals surface area contributed by atoms with Crippen LogP contribution in [0, 0.1) is 0 Å². The Balaban J connectivity index is 3.00. The highest BCUT2D eigenvalue weighted by atomic mass is 35.5. The van der Waals surface area contributed by atoms with Crippen LogP contribution < -0.4 is 15.8 Å². The maximum Gasteiger partial charge on any atom is 0.407 e. The lowest BCUT2D eigenvalue weighted by molar-refractivity contribution is 0.0523. The summed E-state index contributed by atoms with van der Waals surface area (Å²) in [6.07, 6.45) is -0.598. The molecular formula is C15H18ClNO4. The Hall–Kier alpha value is -2.01. The molecule has 1 aromatic rings. The van der Waals surface area contributed by atoms with E-state index in [0.717, 1.165) is 0 Å². The zero-order valence-electron chi connectivity index (χ0n) is 12.2. The number of halogens is 1. The second-order valence-corrected chi connectivity index (χ2v) is 5.89. The van der Waals surface area contributed by atoms with Crippen LogP contribution in [0.15, 0.2) is 6.07 Å². The van der Waals surface area contributed by atoms with Gasteiger partial charge in [-0.15, -0.1) is 0 Å². The number of carbonyl (C=O) groups excluding carboxylic acids is 1. The molecule has 0 aliphatic heterocycles. The molecule has 0 fully saturated rings. The van der Waals surface area contributed by atoms with Gasteiger partial charge in [-0.25, -0.2) is 9.59 Å². The number of carboxylic acids is 1. The monoisotopic (exact) mass is 311 g/mol. The number of carbonyl (C=O) groups is 2. The SMILES string of the molecule is C=c1c(CNC(=O)OC(C)(C)C)cc(C(=O)O)c(Cl)c1=C. The number of benzene rings is 1. The Morgan fingerprint density at radius 3 is 2.38 bits per heavy atom. The molecule has 0 aliphatic rings. The van der Waals surface area contributed by atoms with Crippen molar-refractivity contribution in [3.8, 4) is 0 Å². The van der Waals surface area contributed by atoms with Gasteiger partial charge in [0.25, 0.3) is 0 Å². The van der Waals surface area contributed by atoms with E-state index in [4.69, 9.17) is 21.4 Å². The molecule has 5 nitrogen and oxygen atoms in total. The molecule has 21 heavy (non-hydrogen) atoms. The quantitative estimate of drug-likeness (QED) is 0.893. The zero-order valence-corrected chi connectivity index (χ0v) is 13.0. The van der Waals surface area contributed by atoms with Gasteiger partial charge < -0.3 is 15.2 Å². The van der Waals surface area contributed by atoms with Crippen LogP contribution in [-0.2, 0) is 11.3 Å². The van der Waals surface area contributed by atoms with Crippen LogP contribution in [0.25, 0.3) is 13.2 Å². The van der Waals surface area contributed by atoms with E-state index in [1.54, 1.807) is 20.8 Å². The summed E-state index contributed by atoms with van der Waals surface area (Å²) in [5, 5.41) is 12.5. The summed E-state index contributed by atoms with van der Waals surface area (Å²) >= 11 is 5.92. The Bertz CT molecular complexity index is 676. The average molecular weight is 312 g/mol. The molecule has 0 saturated carbocycles. The lowest BCUT2D eigenvalue weighted by atomic mass is 10.1. The maximum atomic E-state index is 11.6. The van der Waals surface area contributed by atoms with E-state index in [1.165, 1.54) is 6.07 Å². The minimum absolute atomic E-state index is 0.0496. The molecule has 1 amide bonds. The molecule has 0 bridgehead atoms. The number of carboxylic acid groups (broad SMARTS) is 1. The molecular weight excluding hydrogens is 294 g/mol. The van der Waals surface area contributed by atoms with Crippen molar-refractivity contribution in [2.75, 3.05) is 0 Å². The molecule has 0 aromatic heterocycles. The fraction of sp³-hybridized carbons (Fsp3) is 0.333.